The molecule has 0 bridgehead atoms. The third-order valence-electron chi connectivity index (χ3n) is 3.06. The van der Waals surface area contributed by atoms with E-state index in [1.807, 2.05) is 0 Å². The van der Waals surface area contributed by atoms with Gasteiger partial charge in [0.25, 0.3) is 0 Å². The Morgan fingerprint density at radius 2 is 1.62 bits per heavy atom. The fourth-order valence-corrected chi connectivity index (χ4v) is 1.97. The quantitative estimate of drug-likeness (QED) is 0.739. The lowest BCUT2D eigenvalue weighted by Gasteiger charge is -2.09. The summed E-state index contributed by atoms with van der Waals surface area (Å²) in [5.74, 6) is 0. The summed E-state index contributed by atoms with van der Waals surface area (Å²) in [4.78, 5) is 0. The number of unbranched alkanes of at least 4 members (excludes halogenated alkanes) is 2. The van der Waals surface area contributed by atoms with Gasteiger partial charge in [0, 0.05) is 0 Å². The first-order valence-corrected chi connectivity index (χ1v) is 6.53. The van der Waals surface area contributed by atoms with Crippen molar-refractivity contribution >= 4 is 0 Å². The van der Waals surface area contributed by atoms with Gasteiger partial charge in [0.1, 0.15) is 0 Å². The minimum Gasteiger partial charge on any atom is -0.392 e. The van der Waals surface area contributed by atoms with Crippen LogP contribution in [-0.4, -0.2) is 5.11 Å². The number of aliphatic hydroxyl groups excluding tert-OH is 1. The van der Waals surface area contributed by atoms with E-state index in [0.29, 0.717) is 0 Å². The van der Waals surface area contributed by atoms with Crippen molar-refractivity contribution in [2.24, 2.45) is 0 Å². The Morgan fingerprint density at radius 3 is 2.25 bits per heavy atom. The van der Waals surface area contributed by atoms with Crippen molar-refractivity contribution in [2.75, 3.05) is 0 Å². The van der Waals surface area contributed by atoms with Crippen LogP contribution in [-0.2, 0) is 19.4 Å². The SMILES string of the molecule is CCCCc1ccc(CO)c(CCCC)c1. The smallest absolute Gasteiger partial charge is 0.0684 e. The molecular weight excluding hydrogens is 196 g/mol. The van der Waals surface area contributed by atoms with Crippen LogP contribution in [0.1, 0.15) is 56.2 Å². The summed E-state index contributed by atoms with van der Waals surface area (Å²) in [7, 11) is 0. The normalized spacial score (nSPS) is 10.7. The molecule has 0 spiro atoms. The second-order valence-electron chi connectivity index (χ2n) is 4.47. The lowest BCUT2D eigenvalue weighted by molar-refractivity contribution is 0.280. The van der Waals surface area contributed by atoms with Gasteiger partial charge in [-0.3, -0.25) is 0 Å². The first-order chi connectivity index (χ1) is 7.81. The number of hydrogen-bond acceptors (Lipinski definition) is 1. The maximum absolute atomic E-state index is 9.28. The lowest BCUT2D eigenvalue weighted by Crippen LogP contribution is -1.97. The molecule has 0 radical (unpaired) electrons. The zero-order valence-corrected chi connectivity index (χ0v) is 10.6. The Bertz CT molecular complexity index is 304. The molecule has 0 aliphatic heterocycles. The molecule has 0 saturated carbocycles. The minimum atomic E-state index is 0.174. The van der Waals surface area contributed by atoms with Gasteiger partial charge in [-0.2, -0.15) is 0 Å². The second-order valence-corrected chi connectivity index (χ2v) is 4.47. The zero-order chi connectivity index (χ0) is 11.8. The molecule has 1 rings (SSSR count). The molecule has 0 aliphatic carbocycles. The largest absolute Gasteiger partial charge is 0.392 e. The molecule has 0 heterocycles. The van der Waals surface area contributed by atoms with Gasteiger partial charge >= 0.3 is 0 Å². The van der Waals surface area contributed by atoms with E-state index in [0.717, 1.165) is 12.0 Å². The molecule has 1 nitrogen and oxygen atoms in total. The fraction of sp³-hybridized carbons (Fsp3) is 0.600. The van der Waals surface area contributed by atoms with E-state index in [2.05, 4.69) is 32.0 Å². The number of rotatable bonds is 7. The van der Waals surface area contributed by atoms with E-state index < -0.39 is 0 Å². The average molecular weight is 220 g/mol. The van der Waals surface area contributed by atoms with Gasteiger partial charge in [-0.15, -0.1) is 0 Å². The molecule has 0 aliphatic rings. The highest BCUT2D eigenvalue weighted by molar-refractivity contribution is 5.32. The van der Waals surface area contributed by atoms with Crippen LogP contribution >= 0.6 is 0 Å². The van der Waals surface area contributed by atoms with E-state index in [1.54, 1.807) is 0 Å². The predicted octanol–water partition coefficient (Wildman–Crippen LogP) is 3.86. The molecular formula is C15H24O. The topological polar surface area (TPSA) is 20.2 Å². The van der Waals surface area contributed by atoms with Crippen molar-refractivity contribution in [1.29, 1.82) is 0 Å². The van der Waals surface area contributed by atoms with Gasteiger partial charge in [0.15, 0.2) is 0 Å². The second kappa shape index (κ2) is 7.45. The Balaban J connectivity index is 2.74. The number of aliphatic hydroxyl groups is 1. The van der Waals surface area contributed by atoms with E-state index in [1.165, 1.54) is 43.2 Å². The van der Waals surface area contributed by atoms with Crippen molar-refractivity contribution in [2.45, 2.75) is 59.0 Å². The molecule has 0 atom stereocenters. The molecule has 0 aromatic heterocycles. The number of hydrogen-bond donors (Lipinski definition) is 1. The van der Waals surface area contributed by atoms with Crippen LogP contribution in [0.2, 0.25) is 0 Å². The monoisotopic (exact) mass is 220 g/mol. The summed E-state index contributed by atoms with van der Waals surface area (Å²) >= 11 is 0. The molecule has 1 aromatic carbocycles. The van der Waals surface area contributed by atoms with Crippen LogP contribution in [0.3, 0.4) is 0 Å². The highest BCUT2D eigenvalue weighted by Crippen LogP contribution is 2.16. The predicted molar refractivity (Wildman–Crippen MR) is 69.6 cm³/mol. The van der Waals surface area contributed by atoms with Gasteiger partial charge in [-0.1, -0.05) is 44.9 Å². The lowest BCUT2D eigenvalue weighted by atomic mass is 9.97. The standard InChI is InChI=1S/C15H24O/c1-3-5-7-13-9-10-15(12-16)14(11-13)8-6-4-2/h9-11,16H,3-8,12H2,1-2H3. The average Bonchev–Trinajstić information content (AvgIpc) is 2.33. The van der Waals surface area contributed by atoms with Gasteiger partial charge in [-0.25, -0.2) is 0 Å². The minimum absolute atomic E-state index is 0.174. The van der Waals surface area contributed by atoms with Crippen molar-refractivity contribution in [1.82, 2.24) is 0 Å². The Kier molecular flexibility index (Phi) is 6.17. The molecule has 16 heavy (non-hydrogen) atoms. The van der Waals surface area contributed by atoms with Crippen LogP contribution in [0.5, 0.6) is 0 Å². The Morgan fingerprint density at radius 1 is 0.938 bits per heavy atom. The van der Waals surface area contributed by atoms with E-state index in [-0.39, 0.29) is 6.61 Å². The summed E-state index contributed by atoms with van der Waals surface area (Å²) in [6.07, 6.45) is 7.19. The molecule has 1 heteroatoms. The maximum atomic E-state index is 9.28. The first kappa shape index (κ1) is 13.2. The summed E-state index contributed by atoms with van der Waals surface area (Å²) in [5.41, 5.74) is 3.87. The molecule has 1 aromatic rings. The zero-order valence-electron chi connectivity index (χ0n) is 10.6. The molecule has 0 unspecified atom stereocenters. The molecule has 90 valence electrons. The van der Waals surface area contributed by atoms with Crippen LogP contribution in [0.15, 0.2) is 18.2 Å². The third-order valence-corrected chi connectivity index (χ3v) is 3.06. The number of benzene rings is 1. The number of aryl methyl sites for hydroxylation is 2. The molecule has 0 saturated heterocycles. The van der Waals surface area contributed by atoms with Gasteiger partial charge in [0.2, 0.25) is 0 Å². The van der Waals surface area contributed by atoms with Crippen molar-refractivity contribution in [3.05, 3.63) is 34.9 Å². The van der Waals surface area contributed by atoms with E-state index >= 15 is 0 Å². The summed E-state index contributed by atoms with van der Waals surface area (Å²) in [6.45, 7) is 4.60. The van der Waals surface area contributed by atoms with Crippen LogP contribution in [0.25, 0.3) is 0 Å². The third kappa shape index (κ3) is 3.97. The summed E-state index contributed by atoms with van der Waals surface area (Å²) in [5, 5.41) is 9.28. The highest BCUT2D eigenvalue weighted by atomic mass is 16.3. The van der Waals surface area contributed by atoms with Crippen molar-refractivity contribution in [3.8, 4) is 0 Å². The van der Waals surface area contributed by atoms with Crippen molar-refractivity contribution < 1.29 is 5.11 Å². The Labute approximate surface area is 99.5 Å². The molecule has 1 N–H and O–H groups in total. The Hall–Kier alpha value is -0.820. The van der Waals surface area contributed by atoms with Gasteiger partial charge in [0.05, 0.1) is 6.61 Å². The van der Waals surface area contributed by atoms with Crippen LogP contribution in [0, 0.1) is 0 Å². The molecule has 0 fully saturated rings. The fourth-order valence-electron chi connectivity index (χ4n) is 1.97. The van der Waals surface area contributed by atoms with Gasteiger partial charge < -0.3 is 5.11 Å². The van der Waals surface area contributed by atoms with Crippen molar-refractivity contribution in [3.63, 3.8) is 0 Å². The first-order valence-electron chi connectivity index (χ1n) is 6.53. The summed E-state index contributed by atoms with van der Waals surface area (Å²) in [6, 6.07) is 6.55. The maximum Gasteiger partial charge on any atom is 0.0684 e. The van der Waals surface area contributed by atoms with Crippen LogP contribution < -0.4 is 0 Å². The highest BCUT2D eigenvalue weighted by Gasteiger charge is 2.03. The van der Waals surface area contributed by atoms with E-state index in [9.17, 15) is 5.11 Å². The summed E-state index contributed by atoms with van der Waals surface area (Å²) < 4.78 is 0. The van der Waals surface area contributed by atoms with E-state index in [4.69, 9.17) is 0 Å². The molecule has 0 amide bonds. The van der Waals surface area contributed by atoms with Gasteiger partial charge in [-0.05, 0) is 42.4 Å². The van der Waals surface area contributed by atoms with Crippen LogP contribution in [0.4, 0.5) is 0 Å².